The number of fused-ring (bicyclic) bond motifs is 1. The highest BCUT2D eigenvalue weighted by atomic mass is 35.5. The third-order valence-electron chi connectivity index (χ3n) is 5.39. The molecule has 156 valence electrons. The first-order chi connectivity index (χ1) is 15.1. The minimum absolute atomic E-state index is 0.0494. The van der Waals surface area contributed by atoms with E-state index in [1.807, 2.05) is 34.9 Å². The Hall–Kier alpha value is -2.61. The average molecular weight is 468 g/mol. The number of hydrogen-bond acceptors (Lipinski definition) is 5. The van der Waals surface area contributed by atoms with Crippen LogP contribution in [0.1, 0.15) is 17.8 Å². The minimum atomic E-state index is -0.115. The van der Waals surface area contributed by atoms with Gasteiger partial charge >= 0.3 is 10.7 Å². The van der Waals surface area contributed by atoms with Crippen molar-refractivity contribution in [3.8, 4) is 28.1 Å². The lowest BCUT2D eigenvalue weighted by Crippen LogP contribution is -2.45. The fourth-order valence-electron chi connectivity index (χ4n) is 4.02. The van der Waals surface area contributed by atoms with E-state index in [9.17, 15) is 9.90 Å². The van der Waals surface area contributed by atoms with Gasteiger partial charge in [-0.2, -0.15) is 4.57 Å². The summed E-state index contributed by atoms with van der Waals surface area (Å²) in [5.41, 5.74) is 3.12. The van der Waals surface area contributed by atoms with E-state index in [1.54, 1.807) is 42.2 Å². The van der Waals surface area contributed by atoms with Crippen LogP contribution in [0.2, 0.25) is 4.47 Å². The fourth-order valence-corrected chi connectivity index (χ4v) is 6.53. The molecule has 5 rings (SSSR count). The third-order valence-corrected chi connectivity index (χ3v) is 7.76. The van der Waals surface area contributed by atoms with Crippen LogP contribution in [0, 0.1) is 0 Å². The largest absolute Gasteiger partial charge is 0.872 e. The highest BCUT2D eigenvalue weighted by Crippen LogP contribution is 2.39. The van der Waals surface area contributed by atoms with Gasteiger partial charge in [0, 0.05) is 11.8 Å². The van der Waals surface area contributed by atoms with Crippen molar-refractivity contribution in [3.05, 3.63) is 80.5 Å². The summed E-state index contributed by atoms with van der Waals surface area (Å²) in [5, 5.41) is 12.6. The SMILES string of the molecule is CC[n+]1c(-c2ccc([O-])cc2)c(-c2ccccc2)c(=O)n2c1SC[C@@H]2c1cnc(Cl)s1. The first-order valence-corrected chi connectivity index (χ1v) is 12.1. The van der Waals surface area contributed by atoms with Crippen molar-refractivity contribution >= 4 is 34.7 Å². The van der Waals surface area contributed by atoms with E-state index in [4.69, 9.17) is 11.6 Å². The summed E-state index contributed by atoms with van der Waals surface area (Å²) in [6, 6.07) is 16.3. The maximum Gasteiger partial charge on any atom is 0.347 e. The lowest BCUT2D eigenvalue weighted by atomic mass is 9.99. The van der Waals surface area contributed by atoms with Crippen LogP contribution < -0.4 is 15.2 Å². The van der Waals surface area contributed by atoms with Gasteiger partial charge in [0.05, 0.1) is 17.2 Å². The molecule has 0 unspecified atom stereocenters. The Balaban J connectivity index is 1.85. The van der Waals surface area contributed by atoms with E-state index in [0.717, 1.165) is 32.6 Å². The number of aromatic nitrogens is 3. The molecule has 1 aliphatic rings. The Morgan fingerprint density at radius 2 is 1.90 bits per heavy atom. The van der Waals surface area contributed by atoms with E-state index in [1.165, 1.54) is 11.3 Å². The number of hydrogen-bond donors (Lipinski definition) is 0. The first-order valence-electron chi connectivity index (χ1n) is 9.87. The van der Waals surface area contributed by atoms with Gasteiger partial charge in [-0.15, -0.1) is 17.1 Å². The average Bonchev–Trinajstić information content (AvgIpc) is 3.41. The summed E-state index contributed by atoms with van der Waals surface area (Å²) < 4.78 is 4.53. The van der Waals surface area contributed by atoms with Crippen molar-refractivity contribution in [2.24, 2.45) is 0 Å². The van der Waals surface area contributed by atoms with E-state index in [0.29, 0.717) is 16.6 Å². The van der Waals surface area contributed by atoms with Crippen LogP contribution in [0.15, 0.2) is 70.7 Å². The minimum Gasteiger partial charge on any atom is -0.872 e. The smallest absolute Gasteiger partial charge is 0.347 e. The molecule has 1 aliphatic heterocycles. The van der Waals surface area contributed by atoms with Crippen molar-refractivity contribution in [1.29, 1.82) is 0 Å². The summed E-state index contributed by atoms with van der Waals surface area (Å²) in [6.45, 7) is 2.76. The molecule has 0 bridgehead atoms. The maximum absolute atomic E-state index is 14.0. The Morgan fingerprint density at radius 3 is 2.55 bits per heavy atom. The number of thiazole rings is 1. The number of benzene rings is 2. The Labute approximate surface area is 192 Å². The first kappa shape index (κ1) is 20.3. The van der Waals surface area contributed by atoms with Crippen LogP contribution >= 0.6 is 34.7 Å². The standard InChI is InChI=1S/C23H18ClN3O2S2/c1-2-26-20(15-8-10-16(28)11-9-15)19(14-6-4-3-5-7-14)21(29)27-17(13-30-23(26)27)18-12-25-22(24)31-18/h3-12,17H,2,13H2,1H3/t17-/m1/s1. The highest BCUT2D eigenvalue weighted by molar-refractivity contribution is 7.99. The second-order valence-corrected chi connectivity index (χ2v) is 9.79. The van der Waals surface area contributed by atoms with Crippen molar-refractivity contribution in [3.63, 3.8) is 0 Å². The molecule has 4 aromatic rings. The van der Waals surface area contributed by atoms with Crippen LogP contribution in [0.4, 0.5) is 0 Å². The van der Waals surface area contributed by atoms with Crippen molar-refractivity contribution in [2.45, 2.75) is 24.7 Å². The van der Waals surface area contributed by atoms with Gasteiger partial charge in [0.1, 0.15) is 5.56 Å². The van der Waals surface area contributed by atoms with Crippen LogP contribution in [-0.4, -0.2) is 15.3 Å². The summed E-state index contributed by atoms with van der Waals surface area (Å²) in [4.78, 5) is 19.2. The zero-order valence-corrected chi connectivity index (χ0v) is 19.0. The molecule has 8 heteroatoms. The molecule has 3 heterocycles. The molecule has 0 aliphatic carbocycles. The van der Waals surface area contributed by atoms with Gasteiger partial charge in [0.25, 0.3) is 0 Å². The maximum atomic E-state index is 14.0. The van der Waals surface area contributed by atoms with Crippen molar-refractivity contribution in [2.75, 3.05) is 5.75 Å². The molecule has 1 atom stereocenters. The van der Waals surface area contributed by atoms with Crippen LogP contribution in [0.3, 0.4) is 0 Å². The molecule has 0 N–H and O–H groups in total. The van der Waals surface area contributed by atoms with Crippen molar-refractivity contribution < 1.29 is 9.67 Å². The molecule has 2 aromatic carbocycles. The van der Waals surface area contributed by atoms with Crippen LogP contribution in [0.5, 0.6) is 5.75 Å². The normalized spacial score (nSPS) is 15.2. The molecular formula is C23H18ClN3O2S2. The van der Waals surface area contributed by atoms with E-state index >= 15 is 0 Å². The second kappa shape index (κ2) is 8.15. The molecule has 5 nitrogen and oxygen atoms in total. The lowest BCUT2D eigenvalue weighted by Gasteiger charge is -2.16. The van der Waals surface area contributed by atoms with Crippen LogP contribution in [-0.2, 0) is 6.54 Å². The zero-order chi connectivity index (χ0) is 21.5. The van der Waals surface area contributed by atoms with Gasteiger partial charge in [-0.05, 0) is 24.2 Å². The summed E-state index contributed by atoms with van der Waals surface area (Å²) in [6.07, 6.45) is 1.76. The summed E-state index contributed by atoms with van der Waals surface area (Å²) in [5.74, 6) is 0.688. The summed E-state index contributed by atoms with van der Waals surface area (Å²) in [7, 11) is 0. The Morgan fingerprint density at radius 1 is 1.16 bits per heavy atom. The van der Waals surface area contributed by atoms with Crippen molar-refractivity contribution in [1.82, 2.24) is 9.55 Å². The molecule has 0 spiro atoms. The monoisotopic (exact) mass is 467 g/mol. The van der Waals surface area contributed by atoms with Gasteiger partial charge in [-0.25, -0.2) is 14.3 Å². The van der Waals surface area contributed by atoms with Gasteiger partial charge in [0.15, 0.2) is 16.2 Å². The molecule has 2 aromatic heterocycles. The van der Waals surface area contributed by atoms with Gasteiger partial charge < -0.3 is 5.11 Å². The zero-order valence-electron chi connectivity index (χ0n) is 16.6. The quantitative estimate of drug-likeness (QED) is 0.330. The molecule has 0 amide bonds. The summed E-state index contributed by atoms with van der Waals surface area (Å²) >= 11 is 9.17. The Kier molecular flexibility index (Phi) is 5.33. The van der Waals surface area contributed by atoms with Crippen LogP contribution in [0.25, 0.3) is 22.4 Å². The third kappa shape index (κ3) is 3.46. The van der Waals surface area contributed by atoms with Gasteiger partial charge in [-0.1, -0.05) is 66.2 Å². The second-order valence-electron chi connectivity index (χ2n) is 7.16. The topological polar surface area (TPSA) is 61.8 Å². The van der Waals surface area contributed by atoms with Gasteiger partial charge in [0.2, 0.25) is 0 Å². The Bertz CT molecular complexity index is 1320. The molecule has 31 heavy (non-hydrogen) atoms. The molecule has 0 fully saturated rings. The highest BCUT2D eigenvalue weighted by Gasteiger charge is 2.40. The number of thioether (sulfide) groups is 1. The van der Waals surface area contributed by atoms with E-state index in [2.05, 4.69) is 16.5 Å². The number of nitrogens with zero attached hydrogens (tertiary/aromatic N) is 3. The predicted octanol–water partition coefficient (Wildman–Crippen LogP) is 4.37. The molecule has 0 saturated heterocycles. The van der Waals surface area contributed by atoms with E-state index in [-0.39, 0.29) is 17.4 Å². The van der Waals surface area contributed by atoms with E-state index < -0.39 is 0 Å². The lowest BCUT2D eigenvalue weighted by molar-refractivity contribution is -0.725. The molecule has 0 saturated carbocycles. The predicted molar refractivity (Wildman–Crippen MR) is 123 cm³/mol. The number of rotatable bonds is 4. The molecule has 0 radical (unpaired) electrons. The number of halogens is 1. The van der Waals surface area contributed by atoms with Gasteiger partial charge in [-0.3, -0.25) is 0 Å². The molecular weight excluding hydrogens is 450 g/mol. The fraction of sp³-hybridized carbons (Fsp3) is 0.174.